The first-order chi connectivity index (χ1) is 6.75. The molecule has 1 aromatic rings. The molecule has 0 saturated heterocycles. The molecule has 4 heteroatoms. The Morgan fingerprint density at radius 1 is 1.50 bits per heavy atom. The Kier molecular flexibility index (Phi) is 4.02. The first-order valence-electron chi connectivity index (χ1n) is 4.08. The van der Waals surface area contributed by atoms with Gasteiger partial charge in [0.1, 0.15) is 5.40 Å². The van der Waals surface area contributed by atoms with Gasteiger partial charge in [-0.15, -0.1) is 0 Å². The number of carbonyl (C=O) groups excluding carboxylic acids is 1. The number of benzene rings is 1. The molecule has 0 N–H and O–H groups in total. The number of hydrogen-bond donors (Lipinski definition) is 0. The molecule has 0 spiro atoms. The zero-order valence-corrected chi connectivity index (χ0v) is 8.62. The Labute approximate surface area is 87.3 Å². The molecule has 0 aliphatic carbocycles. The van der Waals surface area contributed by atoms with Crippen molar-refractivity contribution in [2.24, 2.45) is 0 Å². The van der Waals surface area contributed by atoms with Gasteiger partial charge in [-0.25, -0.2) is 0 Å². The normalized spacial score (nSPS) is 9.14. The highest BCUT2D eigenvalue weighted by atomic mass is 32.2. The van der Waals surface area contributed by atoms with Crippen LogP contribution in [0.3, 0.4) is 0 Å². The second-order valence-electron chi connectivity index (χ2n) is 2.67. The van der Waals surface area contributed by atoms with Gasteiger partial charge in [-0.2, -0.15) is 5.26 Å². The molecule has 0 heterocycles. The molecule has 0 saturated carbocycles. The van der Waals surface area contributed by atoms with Crippen molar-refractivity contribution in [2.45, 2.75) is 0 Å². The number of para-hydroxylation sites is 1. The first kappa shape index (κ1) is 10.6. The van der Waals surface area contributed by atoms with E-state index in [0.717, 1.165) is 17.4 Å². The SMILES string of the molecule is CN(C(=O)CSC#N)c1ccccc1. The van der Waals surface area contributed by atoms with Crippen LogP contribution in [-0.4, -0.2) is 18.7 Å². The van der Waals surface area contributed by atoms with E-state index in [2.05, 4.69) is 0 Å². The van der Waals surface area contributed by atoms with Crippen LogP contribution < -0.4 is 4.90 Å². The Hall–Kier alpha value is -1.47. The molecule has 14 heavy (non-hydrogen) atoms. The number of anilines is 1. The molecule has 0 radical (unpaired) electrons. The Bertz CT molecular complexity index is 345. The van der Waals surface area contributed by atoms with Crippen molar-refractivity contribution >= 4 is 23.4 Å². The second-order valence-corrected chi connectivity index (χ2v) is 3.43. The molecule has 1 amide bonds. The largest absolute Gasteiger partial charge is 0.315 e. The maximum absolute atomic E-state index is 11.5. The summed E-state index contributed by atoms with van der Waals surface area (Å²) in [7, 11) is 1.70. The lowest BCUT2D eigenvalue weighted by Crippen LogP contribution is -2.27. The summed E-state index contributed by atoms with van der Waals surface area (Å²) in [6, 6.07) is 9.35. The van der Waals surface area contributed by atoms with Crippen molar-refractivity contribution in [3.05, 3.63) is 30.3 Å². The molecule has 0 aliphatic heterocycles. The summed E-state index contributed by atoms with van der Waals surface area (Å²) in [6.07, 6.45) is 0. The highest BCUT2D eigenvalue weighted by molar-refractivity contribution is 8.04. The van der Waals surface area contributed by atoms with E-state index in [-0.39, 0.29) is 11.7 Å². The van der Waals surface area contributed by atoms with Crippen LogP contribution in [0, 0.1) is 10.7 Å². The van der Waals surface area contributed by atoms with Crippen molar-refractivity contribution in [3.8, 4) is 5.40 Å². The number of nitrogens with zero attached hydrogens (tertiary/aromatic N) is 2. The average Bonchev–Trinajstić information content (AvgIpc) is 2.26. The third-order valence-electron chi connectivity index (χ3n) is 1.78. The van der Waals surface area contributed by atoms with Gasteiger partial charge in [-0.05, 0) is 23.9 Å². The molecule has 0 bridgehead atoms. The minimum atomic E-state index is -0.0669. The van der Waals surface area contributed by atoms with Crippen molar-refractivity contribution in [3.63, 3.8) is 0 Å². The highest BCUT2D eigenvalue weighted by Crippen LogP contribution is 2.12. The lowest BCUT2D eigenvalue weighted by atomic mass is 10.3. The van der Waals surface area contributed by atoms with E-state index in [1.807, 2.05) is 35.7 Å². The summed E-state index contributed by atoms with van der Waals surface area (Å²) in [5, 5.41) is 10.2. The Balaban J connectivity index is 2.62. The summed E-state index contributed by atoms with van der Waals surface area (Å²) in [6.45, 7) is 0. The zero-order valence-electron chi connectivity index (χ0n) is 7.80. The number of thiocyanates is 1. The molecule has 0 fully saturated rings. The summed E-state index contributed by atoms with van der Waals surface area (Å²) in [4.78, 5) is 13.0. The molecular weight excluding hydrogens is 196 g/mol. The number of carbonyl (C=O) groups is 1. The molecule has 1 rings (SSSR count). The monoisotopic (exact) mass is 206 g/mol. The van der Waals surface area contributed by atoms with Crippen LogP contribution in [0.4, 0.5) is 5.69 Å². The van der Waals surface area contributed by atoms with Gasteiger partial charge in [0.25, 0.3) is 0 Å². The zero-order chi connectivity index (χ0) is 10.4. The van der Waals surface area contributed by atoms with Gasteiger partial charge in [-0.1, -0.05) is 18.2 Å². The number of nitriles is 1. The van der Waals surface area contributed by atoms with E-state index in [4.69, 9.17) is 5.26 Å². The molecule has 0 atom stereocenters. The van der Waals surface area contributed by atoms with Crippen molar-refractivity contribution in [1.29, 1.82) is 5.26 Å². The summed E-state index contributed by atoms with van der Waals surface area (Å²) in [5.74, 6) is 0.129. The van der Waals surface area contributed by atoms with Crippen molar-refractivity contribution in [1.82, 2.24) is 0 Å². The van der Waals surface area contributed by atoms with Crippen LogP contribution in [0.25, 0.3) is 0 Å². The molecular formula is C10H10N2OS. The van der Waals surface area contributed by atoms with E-state index >= 15 is 0 Å². The minimum Gasteiger partial charge on any atom is -0.315 e. The van der Waals surface area contributed by atoms with Gasteiger partial charge in [-0.3, -0.25) is 4.79 Å². The standard InChI is InChI=1S/C10H10N2OS/c1-12(10(13)7-14-8-11)9-5-3-2-4-6-9/h2-6H,7H2,1H3. The van der Waals surface area contributed by atoms with Gasteiger partial charge in [0.2, 0.25) is 5.91 Å². The number of thioether (sulfide) groups is 1. The van der Waals surface area contributed by atoms with Crippen LogP contribution in [0.5, 0.6) is 0 Å². The quantitative estimate of drug-likeness (QED) is 0.709. The maximum Gasteiger partial charge on any atom is 0.237 e. The Morgan fingerprint density at radius 3 is 2.71 bits per heavy atom. The van der Waals surface area contributed by atoms with E-state index in [9.17, 15) is 4.79 Å². The van der Waals surface area contributed by atoms with Crippen LogP contribution in [0.1, 0.15) is 0 Å². The topological polar surface area (TPSA) is 44.1 Å². The molecule has 72 valence electrons. The predicted molar refractivity (Wildman–Crippen MR) is 57.9 cm³/mol. The minimum absolute atomic E-state index is 0.0669. The van der Waals surface area contributed by atoms with Gasteiger partial charge < -0.3 is 4.90 Å². The highest BCUT2D eigenvalue weighted by Gasteiger charge is 2.09. The number of rotatable bonds is 3. The van der Waals surface area contributed by atoms with Crippen LogP contribution in [-0.2, 0) is 4.79 Å². The lowest BCUT2D eigenvalue weighted by molar-refractivity contribution is -0.115. The lowest BCUT2D eigenvalue weighted by Gasteiger charge is -2.15. The van der Waals surface area contributed by atoms with Crippen LogP contribution >= 0.6 is 11.8 Å². The van der Waals surface area contributed by atoms with Gasteiger partial charge in [0.05, 0.1) is 5.75 Å². The van der Waals surface area contributed by atoms with Gasteiger partial charge >= 0.3 is 0 Å². The molecule has 0 aliphatic rings. The summed E-state index contributed by atoms with van der Waals surface area (Å²) in [5.41, 5.74) is 0.844. The predicted octanol–water partition coefficient (Wildman–Crippen LogP) is 1.86. The second kappa shape index (κ2) is 5.30. The fourth-order valence-corrected chi connectivity index (χ4v) is 1.37. The van der Waals surface area contributed by atoms with Crippen LogP contribution in [0.15, 0.2) is 30.3 Å². The number of hydrogen-bond acceptors (Lipinski definition) is 3. The van der Waals surface area contributed by atoms with Gasteiger partial charge in [0.15, 0.2) is 0 Å². The van der Waals surface area contributed by atoms with E-state index in [1.165, 1.54) is 0 Å². The third kappa shape index (κ3) is 2.79. The van der Waals surface area contributed by atoms with Crippen molar-refractivity contribution < 1.29 is 4.79 Å². The Morgan fingerprint density at radius 2 is 2.14 bits per heavy atom. The molecule has 3 nitrogen and oxygen atoms in total. The van der Waals surface area contributed by atoms with Crippen LogP contribution in [0.2, 0.25) is 0 Å². The molecule has 0 aromatic heterocycles. The van der Waals surface area contributed by atoms with Gasteiger partial charge in [0, 0.05) is 12.7 Å². The number of amides is 1. The maximum atomic E-state index is 11.5. The average molecular weight is 206 g/mol. The van der Waals surface area contributed by atoms with Crippen molar-refractivity contribution in [2.75, 3.05) is 17.7 Å². The molecule has 0 unspecified atom stereocenters. The summed E-state index contributed by atoms with van der Waals surface area (Å²) < 4.78 is 0. The fourth-order valence-electron chi connectivity index (χ4n) is 0.986. The van der Waals surface area contributed by atoms with E-state index in [1.54, 1.807) is 11.9 Å². The summed E-state index contributed by atoms with van der Waals surface area (Å²) >= 11 is 0.954. The fraction of sp³-hybridized carbons (Fsp3) is 0.200. The first-order valence-corrected chi connectivity index (χ1v) is 5.06. The smallest absolute Gasteiger partial charge is 0.237 e. The third-order valence-corrected chi connectivity index (χ3v) is 2.30. The molecule has 1 aromatic carbocycles. The van der Waals surface area contributed by atoms with E-state index < -0.39 is 0 Å². The van der Waals surface area contributed by atoms with E-state index in [0.29, 0.717) is 0 Å².